The van der Waals surface area contributed by atoms with Gasteiger partial charge in [-0.25, -0.2) is 0 Å². The molecule has 1 rings (SSSR count). The largest absolute Gasteiger partial charge is 0.409 e. The third kappa shape index (κ3) is 3.91. The zero-order valence-electron chi connectivity index (χ0n) is 11.0. The summed E-state index contributed by atoms with van der Waals surface area (Å²) in [6, 6.07) is 6.12. The minimum atomic E-state index is -0.318. The van der Waals surface area contributed by atoms with Crippen molar-refractivity contribution in [1.29, 1.82) is 0 Å². The zero-order valence-corrected chi connectivity index (χ0v) is 12.6. The van der Waals surface area contributed by atoms with Gasteiger partial charge in [0.05, 0.1) is 0 Å². The van der Waals surface area contributed by atoms with Gasteiger partial charge in [0.25, 0.3) is 0 Å². The third-order valence-corrected chi connectivity index (χ3v) is 3.56. The summed E-state index contributed by atoms with van der Waals surface area (Å²) in [6.45, 7) is 6.74. The van der Waals surface area contributed by atoms with E-state index in [2.05, 4.69) is 39.4 Å². The summed E-state index contributed by atoms with van der Waals surface area (Å²) in [5.74, 6) is 0.260. The van der Waals surface area contributed by atoms with Crippen molar-refractivity contribution in [2.24, 2.45) is 16.3 Å². The number of oxime groups is 1. The van der Waals surface area contributed by atoms with E-state index in [1.165, 1.54) is 5.56 Å². The average Bonchev–Trinajstić information content (AvgIpc) is 2.32. The van der Waals surface area contributed by atoms with Crippen LogP contribution in [0.1, 0.15) is 25.8 Å². The SMILES string of the molecule is Cc1ccc(Br)cc1NCCC(C)(C)C(N)=NO. The van der Waals surface area contributed by atoms with Gasteiger partial charge in [0.15, 0.2) is 0 Å². The molecule has 0 saturated heterocycles. The van der Waals surface area contributed by atoms with Gasteiger partial charge in [-0.3, -0.25) is 0 Å². The first-order valence-corrected chi connectivity index (χ1v) is 6.64. The van der Waals surface area contributed by atoms with E-state index >= 15 is 0 Å². The maximum absolute atomic E-state index is 8.70. The van der Waals surface area contributed by atoms with Crippen molar-refractivity contribution >= 4 is 27.5 Å². The van der Waals surface area contributed by atoms with Gasteiger partial charge in [-0.05, 0) is 31.0 Å². The molecule has 5 heteroatoms. The van der Waals surface area contributed by atoms with Crippen LogP contribution in [0.4, 0.5) is 5.69 Å². The number of aryl methyl sites for hydroxylation is 1. The van der Waals surface area contributed by atoms with Crippen molar-refractivity contribution in [2.75, 3.05) is 11.9 Å². The fourth-order valence-corrected chi connectivity index (χ4v) is 1.92. The van der Waals surface area contributed by atoms with Gasteiger partial charge < -0.3 is 16.3 Å². The summed E-state index contributed by atoms with van der Waals surface area (Å²) in [5, 5.41) is 15.1. The lowest BCUT2D eigenvalue weighted by molar-refractivity contribution is 0.306. The molecule has 0 aliphatic heterocycles. The summed E-state index contributed by atoms with van der Waals surface area (Å²) in [6.07, 6.45) is 0.787. The second kappa shape index (κ2) is 6.09. The van der Waals surface area contributed by atoms with E-state index in [9.17, 15) is 0 Å². The molecular formula is C13H20BrN3O. The number of amidine groups is 1. The van der Waals surface area contributed by atoms with Gasteiger partial charge in [-0.15, -0.1) is 0 Å². The Hall–Kier alpha value is -1.23. The number of rotatable bonds is 5. The Labute approximate surface area is 116 Å². The number of anilines is 1. The molecule has 18 heavy (non-hydrogen) atoms. The Morgan fingerprint density at radius 1 is 1.50 bits per heavy atom. The van der Waals surface area contributed by atoms with Crippen LogP contribution in [0, 0.1) is 12.3 Å². The second-order valence-corrected chi connectivity index (χ2v) is 5.92. The van der Waals surface area contributed by atoms with E-state index in [4.69, 9.17) is 10.9 Å². The van der Waals surface area contributed by atoms with Crippen molar-refractivity contribution in [3.05, 3.63) is 28.2 Å². The lowest BCUT2D eigenvalue weighted by Crippen LogP contribution is -2.33. The van der Waals surface area contributed by atoms with Gasteiger partial charge in [-0.2, -0.15) is 0 Å². The predicted molar refractivity (Wildman–Crippen MR) is 79.2 cm³/mol. The molecule has 0 bridgehead atoms. The van der Waals surface area contributed by atoms with Crippen LogP contribution in [0.2, 0.25) is 0 Å². The second-order valence-electron chi connectivity index (χ2n) is 5.01. The highest BCUT2D eigenvalue weighted by atomic mass is 79.9. The minimum absolute atomic E-state index is 0.260. The van der Waals surface area contributed by atoms with E-state index in [1.807, 2.05) is 26.0 Å². The number of hydrogen-bond donors (Lipinski definition) is 3. The summed E-state index contributed by atoms with van der Waals surface area (Å²) in [7, 11) is 0. The maximum atomic E-state index is 8.70. The van der Waals surface area contributed by atoms with Crippen molar-refractivity contribution in [3.63, 3.8) is 0 Å². The highest BCUT2D eigenvalue weighted by molar-refractivity contribution is 9.10. The maximum Gasteiger partial charge on any atom is 0.144 e. The molecule has 1 aromatic rings. The Morgan fingerprint density at radius 3 is 2.78 bits per heavy atom. The van der Waals surface area contributed by atoms with Gasteiger partial charge in [0, 0.05) is 22.1 Å². The molecule has 100 valence electrons. The van der Waals surface area contributed by atoms with Gasteiger partial charge in [-0.1, -0.05) is 41.0 Å². The minimum Gasteiger partial charge on any atom is -0.409 e. The highest BCUT2D eigenvalue weighted by Crippen LogP contribution is 2.23. The van der Waals surface area contributed by atoms with Crippen molar-refractivity contribution < 1.29 is 5.21 Å². The topological polar surface area (TPSA) is 70.6 Å². The van der Waals surface area contributed by atoms with Gasteiger partial charge in [0.2, 0.25) is 0 Å². The van der Waals surface area contributed by atoms with E-state index in [0.717, 1.165) is 23.1 Å². The Morgan fingerprint density at radius 2 is 2.17 bits per heavy atom. The number of nitrogens with zero attached hydrogens (tertiary/aromatic N) is 1. The molecule has 0 aromatic heterocycles. The number of benzene rings is 1. The van der Waals surface area contributed by atoms with E-state index < -0.39 is 0 Å². The fraction of sp³-hybridized carbons (Fsp3) is 0.462. The third-order valence-electron chi connectivity index (χ3n) is 3.07. The number of nitrogens with two attached hydrogens (primary N) is 1. The van der Waals surface area contributed by atoms with Gasteiger partial charge >= 0.3 is 0 Å². The van der Waals surface area contributed by atoms with Crippen LogP contribution in [0.5, 0.6) is 0 Å². The van der Waals surface area contributed by atoms with Crippen LogP contribution in [0.3, 0.4) is 0 Å². The number of hydrogen-bond acceptors (Lipinski definition) is 3. The van der Waals surface area contributed by atoms with Crippen molar-refractivity contribution in [3.8, 4) is 0 Å². The van der Waals surface area contributed by atoms with Crippen LogP contribution in [-0.2, 0) is 0 Å². The smallest absolute Gasteiger partial charge is 0.144 e. The van der Waals surface area contributed by atoms with E-state index in [0.29, 0.717) is 0 Å². The molecule has 0 radical (unpaired) electrons. The highest BCUT2D eigenvalue weighted by Gasteiger charge is 2.22. The predicted octanol–water partition coefficient (Wildman–Crippen LogP) is 3.33. The lowest BCUT2D eigenvalue weighted by atomic mass is 9.88. The number of halogens is 1. The van der Waals surface area contributed by atoms with Crippen LogP contribution in [0.25, 0.3) is 0 Å². The lowest BCUT2D eigenvalue weighted by Gasteiger charge is -2.23. The van der Waals surface area contributed by atoms with Crippen LogP contribution in [-0.4, -0.2) is 17.6 Å². The molecule has 4 N–H and O–H groups in total. The Balaban J connectivity index is 2.59. The molecule has 0 amide bonds. The molecule has 0 aliphatic carbocycles. The normalized spacial score (nSPS) is 12.6. The van der Waals surface area contributed by atoms with E-state index in [1.54, 1.807) is 0 Å². The van der Waals surface area contributed by atoms with Crippen molar-refractivity contribution in [1.82, 2.24) is 0 Å². The number of nitrogens with one attached hydrogen (secondary N) is 1. The monoisotopic (exact) mass is 313 g/mol. The zero-order chi connectivity index (χ0) is 13.8. The molecule has 0 aliphatic rings. The molecule has 4 nitrogen and oxygen atoms in total. The summed E-state index contributed by atoms with van der Waals surface area (Å²) >= 11 is 3.45. The Bertz CT molecular complexity index is 444. The summed E-state index contributed by atoms with van der Waals surface area (Å²) in [5.41, 5.74) is 7.62. The molecule has 1 aromatic carbocycles. The van der Waals surface area contributed by atoms with Crippen LogP contribution < -0.4 is 11.1 Å². The quantitative estimate of drug-likeness (QED) is 0.338. The molecule has 0 unspecified atom stereocenters. The molecular weight excluding hydrogens is 294 g/mol. The molecule has 0 heterocycles. The average molecular weight is 314 g/mol. The Kier molecular flexibility index (Phi) is 5.02. The molecule has 0 atom stereocenters. The molecule has 0 fully saturated rings. The first kappa shape index (κ1) is 14.8. The van der Waals surface area contributed by atoms with E-state index in [-0.39, 0.29) is 11.3 Å². The molecule has 0 spiro atoms. The molecule has 0 saturated carbocycles. The summed E-state index contributed by atoms with van der Waals surface area (Å²) in [4.78, 5) is 0. The first-order valence-electron chi connectivity index (χ1n) is 5.85. The standard InChI is InChI=1S/C13H20BrN3O/c1-9-4-5-10(14)8-11(9)16-7-6-13(2,3)12(15)17-18/h4-5,8,16,18H,6-7H2,1-3H3,(H2,15,17). The summed E-state index contributed by atoms with van der Waals surface area (Å²) < 4.78 is 1.05. The fourth-order valence-electron chi connectivity index (χ4n) is 1.56. The van der Waals surface area contributed by atoms with Crippen LogP contribution >= 0.6 is 15.9 Å². The first-order chi connectivity index (χ1) is 8.36. The van der Waals surface area contributed by atoms with Gasteiger partial charge in [0.1, 0.15) is 5.84 Å². The van der Waals surface area contributed by atoms with Crippen LogP contribution in [0.15, 0.2) is 27.8 Å². The van der Waals surface area contributed by atoms with Crippen molar-refractivity contribution in [2.45, 2.75) is 27.2 Å².